The molecule has 0 radical (unpaired) electrons. The number of carbonyl (C=O) groups excluding carboxylic acids is 3. The summed E-state index contributed by atoms with van der Waals surface area (Å²) in [6.07, 6.45) is 0.366. The smallest absolute Gasteiger partial charge is 0.269 e. The van der Waals surface area contributed by atoms with Gasteiger partial charge in [-0.25, -0.2) is 0 Å². The fraction of sp³-hybridized carbons (Fsp3) is 0.250. The van der Waals surface area contributed by atoms with E-state index in [1.54, 1.807) is 55.5 Å². The minimum absolute atomic E-state index is 0.00639. The van der Waals surface area contributed by atoms with Crippen LogP contribution in [0.4, 0.5) is 5.69 Å². The molecular formula is C20H23N3O4. The van der Waals surface area contributed by atoms with E-state index in [0.29, 0.717) is 29.0 Å². The second-order valence-corrected chi connectivity index (χ2v) is 6.08. The Kier molecular flexibility index (Phi) is 6.93. The fourth-order valence-corrected chi connectivity index (χ4v) is 2.19. The predicted molar refractivity (Wildman–Crippen MR) is 103 cm³/mol. The molecule has 0 aliphatic carbocycles. The molecule has 0 saturated heterocycles. The van der Waals surface area contributed by atoms with E-state index < -0.39 is 11.8 Å². The monoisotopic (exact) mass is 369 g/mol. The van der Waals surface area contributed by atoms with E-state index in [0.717, 1.165) is 0 Å². The highest BCUT2D eigenvalue weighted by Gasteiger charge is 2.10. The second kappa shape index (κ2) is 9.38. The fourth-order valence-electron chi connectivity index (χ4n) is 2.19. The SMILES string of the molecule is CCC(=O)Nc1ccc(C(=O)NNC(=O)c2cccc(OC(C)C)c2)cc1. The first-order valence-electron chi connectivity index (χ1n) is 8.66. The number of amides is 3. The van der Waals surface area contributed by atoms with Gasteiger partial charge in [-0.05, 0) is 56.3 Å². The highest BCUT2D eigenvalue weighted by molar-refractivity contribution is 5.99. The highest BCUT2D eigenvalue weighted by Crippen LogP contribution is 2.15. The van der Waals surface area contributed by atoms with Gasteiger partial charge < -0.3 is 10.1 Å². The molecule has 0 atom stereocenters. The van der Waals surface area contributed by atoms with Crippen molar-refractivity contribution in [1.29, 1.82) is 0 Å². The summed E-state index contributed by atoms with van der Waals surface area (Å²) >= 11 is 0. The minimum atomic E-state index is -0.466. The zero-order valence-electron chi connectivity index (χ0n) is 15.5. The van der Waals surface area contributed by atoms with E-state index in [9.17, 15) is 14.4 Å². The van der Waals surface area contributed by atoms with Crippen LogP contribution in [0.3, 0.4) is 0 Å². The zero-order valence-corrected chi connectivity index (χ0v) is 15.5. The lowest BCUT2D eigenvalue weighted by Gasteiger charge is -2.11. The molecular weight excluding hydrogens is 346 g/mol. The zero-order chi connectivity index (χ0) is 19.8. The van der Waals surface area contributed by atoms with Crippen molar-refractivity contribution in [3.8, 4) is 5.75 Å². The van der Waals surface area contributed by atoms with Crippen LogP contribution >= 0.6 is 0 Å². The first-order chi connectivity index (χ1) is 12.9. The molecule has 0 spiro atoms. The molecule has 0 aromatic heterocycles. The lowest BCUT2D eigenvalue weighted by molar-refractivity contribution is -0.115. The third-order valence-electron chi connectivity index (χ3n) is 3.51. The van der Waals surface area contributed by atoms with Crippen LogP contribution in [0.1, 0.15) is 47.9 Å². The average molecular weight is 369 g/mol. The quantitative estimate of drug-likeness (QED) is 0.682. The van der Waals surface area contributed by atoms with Gasteiger partial charge in [0.05, 0.1) is 6.10 Å². The molecule has 0 saturated carbocycles. The first kappa shape index (κ1) is 20.0. The Balaban J connectivity index is 1.93. The Hall–Kier alpha value is -3.35. The highest BCUT2D eigenvalue weighted by atomic mass is 16.5. The van der Waals surface area contributed by atoms with Crippen LogP contribution in [0.5, 0.6) is 5.75 Å². The Morgan fingerprint density at radius 2 is 1.56 bits per heavy atom. The molecule has 0 aliphatic rings. The molecule has 2 aromatic carbocycles. The number of carbonyl (C=O) groups is 3. The summed E-state index contributed by atoms with van der Waals surface area (Å²) in [5, 5.41) is 2.70. The Bertz CT molecular complexity index is 816. The van der Waals surface area contributed by atoms with Crippen LogP contribution in [0.2, 0.25) is 0 Å². The van der Waals surface area contributed by atoms with Gasteiger partial charge in [-0.1, -0.05) is 13.0 Å². The molecule has 0 unspecified atom stereocenters. The van der Waals surface area contributed by atoms with Crippen LogP contribution in [0.25, 0.3) is 0 Å². The van der Waals surface area contributed by atoms with Gasteiger partial charge in [-0.15, -0.1) is 0 Å². The van der Waals surface area contributed by atoms with Crippen molar-refractivity contribution in [1.82, 2.24) is 10.9 Å². The van der Waals surface area contributed by atoms with E-state index >= 15 is 0 Å². The van der Waals surface area contributed by atoms with Crippen molar-refractivity contribution >= 4 is 23.4 Å². The van der Waals surface area contributed by atoms with E-state index in [4.69, 9.17) is 4.74 Å². The largest absolute Gasteiger partial charge is 0.491 e. The van der Waals surface area contributed by atoms with Gasteiger partial charge >= 0.3 is 0 Å². The number of rotatable bonds is 6. The molecule has 3 amide bonds. The van der Waals surface area contributed by atoms with Gasteiger partial charge in [0.15, 0.2) is 0 Å². The molecule has 3 N–H and O–H groups in total. The van der Waals surface area contributed by atoms with Gasteiger partial charge in [0.1, 0.15) is 5.75 Å². The molecule has 0 heterocycles. The van der Waals surface area contributed by atoms with Gasteiger partial charge in [0.2, 0.25) is 5.91 Å². The molecule has 0 fully saturated rings. The molecule has 27 heavy (non-hydrogen) atoms. The summed E-state index contributed by atoms with van der Waals surface area (Å²) in [7, 11) is 0. The maximum Gasteiger partial charge on any atom is 0.269 e. The Labute approximate surface area is 158 Å². The van der Waals surface area contributed by atoms with Crippen molar-refractivity contribution in [2.75, 3.05) is 5.32 Å². The van der Waals surface area contributed by atoms with Crippen LogP contribution in [-0.4, -0.2) is 23.8 Å². The van der Waals surface area contributed by atoms with Crippen LogP contribution in [-0.2, 0) is 4.79 Å². The van der Waals surface area contributed by atoms with Crippen molar-refractivity contribution in [2.24, 2.45) is 0 Å². The normalized spacial score (nSPS) is 10.2. The number of hydrogen-bond acceptors (Lipinski definition) is 4. The number of hydrazine groups is 1. The Morgan fingerprint density at radius 1 is 0.926 bits per heavy atom. The first-order valence-corrected chi connectivity index (χ1v) is 8.66. The van der Waals surface area contributed by atoms with E-state index in [1.165, 1.54) is 0 Å². The van der Waals surface area contributed by atoms with Crippen LogP contribution < -0.4 is 20.9 Å². The van der Waals surface area contributed by atoms with Crippen molar-refractivity contribution < 1.29 is 19.1 Å². The van der Waals surface area contributed by atoms with Crippen molar-refractivity contribution in [2.45, 2.75) is 33.3 Å². The number of benzene rings is 2. The Morgan fingerprint density at radius 3 is 2.15 bits per heavy atom. The molecule has 7 nitrogen and oxygen atoms in total. The lowest BCUT2D eigenvalue weighted by Crippen LogP contribution is -2.41. The molecule has 7 heteroatoms. The average Bonchev–Trinajstić information content (AvgIpc) is 2.66. The maximum atomic E-state index is 12.2. The number of hydrogen-bond donors (Lipinski definition) is 3. The summed E-state index contributed by atoms with van der Waals surface area (Å²) in [4.78, 5) is 35.7. The van der Waals surface area contributed by atoms with E-state index in [2.05, 4.69) is 16.2 Å². The topological polar surface area (TPSA) is 96.5 Å². The van der Waals surface area contributed by atoms with Gasteiger partial charge in [-0.2, -0.15) is 0 Å². The third-order valence-corrected chi connectivity index (χ3v) is 3.51. The molecule has 2 rings (SSSR count). The summed E-state index contributed by atoms with van der Waals surface area (Å²) in [6, 6.07) is 13.1. The summed E-state index contributed by atoms with van der Waals surface area (Å²) < 4.78 is 5.55. The van der Waals surface area contributed by atoms with Crippen LogP contribution in [0.15, 0.2) is 48.5 Å². The standard InChI is InChI=1S/C20H23N3O4/c1-4-18(24)21-16-10-8-14(9-11-16)19(25)22-23-20(26)15-6-5-7-17(12-15)27-13(2)3/h5-13H,4H2,1-3H3,(H,21,24)(H,22,25)(H,23,26). The van der Waals surface area contributed by atoms with Crippen molar-refractivity contribution in [3.05, 3.63) is 59.7 Å². The number of ether oxygens (including phenoxy) is 1. The second-order valence-electron chi connectivity index (χ2n) is 6.08. The lowest BCUT2D eigenvalue weighted by atomic mass is 10.2. The van der Waals surface area contributed by atoms with E-state index in [1.807, 2.05) is 13.8 Å². The summed E-state index contributed by atoms with van der Waals surface area (Å²) in [6.45, 7) is 5.54. The third kappa shape index (κ3) is 6.14. The number of nitrogens with one attached hydrogen (secondary N) is 3. The predicted octanol–water partition coefficient (Wildman–Crippen LogP) is 2.90. The molecule has 142 valence electrons. The maximum absolute atomic E-state index is 12.2. The molecule has 0 aliphatic heterocycles. The molecule has 2 aromatic rings. The van der Waals surface area contributed by atoms with E-state index in [-0.39, 0.29) is 12.0 Å². The summed E-state index contributed by atoms with van der Waals surface area (Å²) in [5.41, 5.74) is 6.05. The van der Waals surface area contributed by atoms with Crippen molar-refractivity contribution in [3.63, 3.8) is 0 Å². The van der Waals surface area contributed by atoms with Gasteiger partial charge in [-0.3, -0.25) is 25.2 Å². The van der Waals surface area contributed by atoms with Crippen LogP contribution in [0, 0.1) is 0 Å². The number of anilines is 1. The van der Waals surface area contributed by atoms with Gasteiger partial charge in [0, 0.05) is 23.2 Å². The van der Waals surface area contributed by atoms with Gasteiger partial charge in [0.25, 0.3) is 11.8 Å². The summed E-state index contributed by atoms with van der Waals surface area (Å²) in [5.74, 6) is -0.451. The molecule has 0 bridgehead atoms. The minimum Gasteiger partial charge on any atom is -0.491 e.